The summed E-state index contributed by atoms with van der Waals surface area (Å²) in [5.74, 6) is 1.02. The summed E-state index contributed by atoms with van der Waals surface area (Å²) in [6.45, 7) is 1.66. The number of piperidine rings is 1. The van der Waals surface area contributed by atoms with Crippen molar-refractivity contribution in [1.82, 2.24) is 15.6 Å². The Morgan fingerprint density at radius 2 is 2.32 bits per heavy atom. The monoisotopic (exact) mass is 262 g/mol. The van der Waals surface area contributed by atoms with Crippen LogP contribution in [0.2, 0.25) is 0 Å². The maximum atomic E-state index is 12.0. The highest BCUT2D eigenvalue weighted by molar-refractivity contribution is 5.85. The molecule has 1 unspecified atom stereocenters. The molecule has 0 spiro atoms. The molecule has 1 saturated heterocycles. The number of aromatic nitrogens is 1. The number of likely N-dealkylation sites (N-methyl/N-ethyl adjacent to an activating group) is 1. The van der Waals surface area contributed by atoms with Gasteiger partial charge in [-0.2, -0.15) is 0 Å². The molecule has 1 atom stereocenters. The molecule has 1 aromatic rings. The topological polar surface area (TPSA) is 57.3 Å². The molecule has 0 saturated carbocycles. The maximum Gasteiger partial charge on any atom is 0.242 e. The molecule has 5 nitrogen and oxygen atoms in total. The first-order valence-electron chi connectivity index (χ1n) is 6.84. The number of carbonyl (C=O) groups excluding carboxylic acids is 1. The van der Waals surface area contributed by atoms with Gasteiger partial charge < -0.3 is 15.5 Å². The van der Waals surface area contributed by atoms with Crippen LogP contribution >= 0.6 is 0 Å². The van der Waals surface area contributed by atoms with E-state index in [1.165, 1.54) is 0 Å². The summed E-state index contributed by atoms with van der Waals surface area (Å²) in [6.07, 6.45) is 4.91. The highest BCUT2D eigenvalue weighted by Crippen LogP contribution is 2.26. The SMILES string of the molecule is CNCc1cccnc1N1CCCCC1C(=O)NC. The molecule has 1 aliphatic heterocycles. The average Bonchev–Trinajstić information content (AvgIpc) is 2.47. The Morgan fingerprint density at radius 3 is 3.05 bits per heavy atom. The summed E-state index contributed by atoms with van der Waals surface area (Å²) in [5.41, 5.74) is 1.14. The highest BCUT2D eigenvalue weighted by atomic mass is 16.2. The number of nitrogens with one attached hydrogen (secondary N) is 2. The van der Waals surface area contributed by atoms with Crippen molar-refractivity contribution in [3.05, 3.63) is 23.9 Å². The van der Waals surface area contributed by atoms with Crippen molar-refractivity contribution < 1.29 is 4.79 Å². The van der Waals surface area contributed by atoms with Crippen molar-refractivity contribution in [2.75, 3.05) is 25.5 Å². The number of hydrogen-bond acceptors (Lipinski definition) is 4. The molecule has 2 N–H and O–H groups in total. The fourth-order valence-corrected chi connectivity index (χ4v) is 2.64. The van der Waals surface area contributed by atoms with Crippen molar-refractivity contribution in [3.63, 3.8) is 0 Å². The van der Waals surface area contributed by atoms with E-state index in [2.05, 4.69) is 26.6 Å². The molecule has 0 radical (unpaired) electrons. The zero-order valence-corrected chi connectivity index (χ0v) is 11.6. The molecule has 1 amide bonds. The second kappa shape index (κ2) is 6.52. The van der Waals surface area contributed by atoms with Crippen LogP contribution in [0.5, 0.6) is 0 Å². The van der Waals surface area contributed by atoms with Gasteiger partial charge in [-0.05, 0) is 32.4 Å². The third-order valence-corrected chi connectivity index (χ3v) is 3.56. The summed E-state index contributed by atoms with van der Waals surface area (Å²) in [4.78, 5) is 18.7. The van der Waals surface area contributed by atoms with Crippen LogP contribution in [-0.4, -0.2) is 37.6 Å². The molecule has 104 valence electrons. The second-order valence-electron chi connectivity index (χ2n) is 4.84. The van der Waals surface area contributed by atoms with Gasteiger partial charge in [-0.25, -0.2) is 4.98 Å². The maximum absolute atomic E-state index is 12.0. The molecule has 0 bridgehead atoms. The van der Waals surface area contributed by atoms with E-state index < -0.39 is 0 Å². The lowest BCUT2D eigenvalue weighted by Gasteiger charge is -2.36. The van der Waals surface area contributed by atoms with E-state index in [-0.39, 0.29) is 11.9 Å². The molecule has 0 aliphatic carbocycles. The summed E-state index contributed by atoms with van der Waals surface area (Å²) in [6, 6.07) is 3.91. The molecule has 1 aromatic heterocycles. The Balaban J connectivity index is 2.29. The minimum atomic E-state index is -0.0933. The lowest BCUT2D eigenvalue weighted by molar-refractivity contribution is -0.122. The Morgan fingerprint density at radius 1 is 1.47 bits per heavy atom. The van der Waals surface area contributed by atoms with Crippen LogP contribution in [0.4, 0.5) is 5.82 Å². The Hall–Kier alpha value is -1.62. The number of carbonyl (C=O) groups is 1. The summed E-state index contributed by atoms with van der Waals surface area (Å²) in [5, 5.41) is 5.92. The largest absolute Gasteiger partial charge is 0.357 e. The molecule has 5 heteroatoms. The normalized spacial score (nSPS) is 19.3. The second-order valence-corrected chi connectivity index (χ2v) is 4.84. The number of rotatable bonds is 4. The van der Waals surface area contributed by atoms with Crippen LogP contribution in [0.15, 0.2) is 18.3 Å². The van der Waals surface area contributed by atoms with Crippen molar-refractivity contribution in [2.45, 2.75) is 31.8 Å². The summed E-state index contributed by atoms with van der Waals surface area (Å²) >= 11 is 0. The van der Waals surface area contributed by atoms with Gasteiger partial charge in [0.15, 0.2) is 0 Å². The van der Waals surface area contributed by atoms with Gasteiger partial charge in [-0.15, -0.1) is 0 Å². The van der Waals surface area contributed by atoms with Crippen LogP contribution < -0.4 is 15.5 Å². The molecule has 2 rings (SSSR count). The first-order chi connectivity index (χ1) is 9.27. The first kappa shape index (κ1) is 13.8. The van der Waals surface area contributed by atoms with Gasteiger partial charge in [0.2, 0.25) is 5.91 Å². The predicted octanol–water partition coefficient (Wildman–Crippen LogP) is 0.906. The predicted molar refractivity (Wildman–Crippen MR) is 76.1 cm³/mol. The number of pyridine rings is 1. The molecule has 19 heavy (non-hydrogen) atoms. The van der Waals surface area contributed by atoms with Crippen LogP contribution in [0, 0.1) is 0 Å². The quantitative estimate of drug-likeness (QED) is 0.846. The van der Waals surface area contributed by atoms with Crippen molar-refractivity contribution >= 4 is 11.7 Å². The summed E-state index contributed by atoms with van der Waals surface area (Å²) in [7, 11) is 3.62. The standard InChI is InChI=1S/C14H22N4O/c1-15-10-11-6-5-8-17-13(11)18-9-4-3-7-12(18)14(19)16-2/h5-6,8,12,15H,3-4,7,9-10H2,1-2H3,(H,16,19). The Kier molecular flexibility index (Phi) is 4.74. The van der Waals surface area contributed by atoms with E-state index in [9.17, 15) is 4.79 Å². The van der Waals surface area contributed by atoms with E-state index in [1.54, 1.807) is 13.2 Å². The van der Waals surface area contributed by atoms with Gasteiger partial charge in [-0.1, -0.05) is 6.07 Å². The molecular formula is C14H22N4O. The van der Waals surface area contributed by atoms with Gasteiger partial charge in [0.1, 0.15) is 11.9 Å². The van der Waals surface area contributed by atoms with E-state index in [0.717, 1.165) is 43.7 Å². The van der Waals surface area contributed by atoms with Gasteiger partial charge in [0.05, 0.1) is 0 Å². The van der Waals surface area contributed by atoms with Crippen LogP contribution in [0.3, 0.4) is 0 Å². The van der Waals surface area contributed by atoms with E-state index in [4.69, 9.17) is 0 Å². The molecular weight excluding hydrogens is 240 g/mol. The van der Waals surface area contributed by atoms with Gasteiger partial charge in [0.25, 0.3) is 0 Å². The fourth-order valence-electron chi connectivity index (χ4n) is 2.64. The molecule has 0 aromatic carbocycles. The van der Waals surface area contributed by atoms with Gasteiger partial charge in [-0.3, -0.25) is 4.79 Å². The third-order valence-electron chi connectivity index (χ3n) is 3.56. The number of amides is 1. The van der Waals surface area contributed by atoms with Crippen molar-refractivity contribution in [1.29, 1.82) is 0 Å². The number of hydrogen-bond donors (Lipinski definition) is 2. The minimum absolute atomic E-state index is 0.0840. The zero-order valence-electron chi connectivity index (χ0n) is 11.6. The van der Waals surface area contributed by atoms with Gasteiger partial charge >= 0.3 is 0 Å². The van der Waals surface area contributed by atoms with Gasteiger partial charge in [0, 0.05) is 31.9 Å². The minimum Gasteiger partial charge on any atom is -0.357 e. The van der Waals surface area contributed by atoms with E-state index >= 15 is 0 Å². The van der Waals surface area contributed by atoms with Crippen LogP contribution in [-0.2, 0) is 11.3 Å². The number of nitrogens with zero attached hydrogens (tertiary/aromatic N) is 2. The molecule has 1 fully saturated rings. The zero-order chi connectivity index (χ0) is 13.7. The van der Waals surface area contributed by atoms with E-state index in [1.807, 2.05) is 13.1 Å². The molecule has 2 heterocycles. The molecule has 1 aliphatic rings. The Bertz CT molecular complexity index is 435. The summed E-state index contributed by atoms with van der Waals surface area (Å²) < 4.78 is 0. The highest BCUT2D eigenvalue weighted by Gasteiger charge is 2.29. The lowest BCUT2D eigenvalue weighted by Crippen LogP contribution is -2.49. The van der Waals surface area contributed by atoms with Crippen molar-refractivity contribution in [3.8, 4) is 0 Å². The first-order valence-corrected chi connectivity index (χ1v) is 6.84. The van der Waals surface area contributed by atoms with Crippen molar-refractivity contribution in [2.24, 2.45) is 0 Å². The third kappa shape index (κ3) is 3.04. The lowest BCUT2D eigenvalue weighted by atomic mass is 10.0. The van der Waals surface area contributed by atoms with Crippen LogP contribution in [0.25, 0.3) is 0 Å². The average molecular weight is 262 g/mol. The number of anilines is 1. The van der Waals surface area contributed by atoms with E-state index in [0.29, 0.717) is 0 Å². The fraction of sp³-hybridized carbons (Fsp3) is 0.571. The Labute approximate surface area is 114 Å². The smallest absolute Gasteiger partial charge is 0.242 e. The van der Waals surface area contributed by atoms with Crippen LogP contribution in [0.1, 0.15) is 24.8 Å².